The maximum atomic E-state index is 13.0. The second kappa shape index (κ2) is 7.36. The van der Waals surface area contributed by atoms with Crippen molar-refractivity contribution in [1.82, 2.24) is 4.90 Å². The van der Waals surface area contributed by atoms with E-state index in [4.69, 9.17) is 14.2 Å². The zero-order chi connectivity index (χ0) is 16.9. The number of benzene rings is 2. The van der Waals surface area contributed by atoms with Crippen LogP contribution in [0, 0.1) is 0 Å². The van der Waals surface area contributed by atoms with Gasteiger partial charge in [-0.3, -0.25) is 4.79 Å². The summed E-state index contributed by atoms with van der Waals surface area (Å²) in [5.41, 5.74) is 1.58. The normalized spacial score (nSPS) is 17.4. The second-order valence-electron chi connectivity index (χ2n) is 5.56. The summed E-state index contributed by atoms with van der Waals surface area (Å²) < 4.78 is 16.5. The van der Waals surface area contributed by atoms with E-state index in [0.717, 1.165) is 5.56 Å². The number of ether oxygens (including phenoxy) is 3. The zero-order valence-corrected chi connectivity index (χ0v) is 13.9. The minimum absolute atomic E-state index is 0.0741. The number of morpholine rings is 1. The Hall–Kier alpha value is -2.53. The number of carbonyl (C=O) groups is 1. The lowest BCUT2D eigenvalue weighted by molar-refractivity contribution is -0.0229. The summed E-state index contributed by atoms with van der Waals surface area (Å²) in [6.45, 7) is 1.59. The molecule has 0 N–H and O–H groups in total. The fraction of sp³-hybridized carbons (Fsp3) is 0.316. The SMILES string of the molecule is COc1cccc(C(=O)N2CCO[C@H](c3ccccc3)C2)c1OC. The van der Waals surface area contributed by atoms with Crippen molar-refractivity contribution in [3.63, 3.8) is 0 Å². The molecule has 1 aliphatic rings. The van der Waals surface area contributed by atoms with E-state index in [2.05, 4.69) is 0 Å². The van der Waals surface area contributed by atoms with Gasteiger partial charge in [0.25, 0.3) is 5.91 Å². The van der Waals surface area contributed by atoms with Gasteiger partial charge in [-0.25, -0.2) is 0 Å². The van der Waals surface area contributed by atoms with Crippen LogP contribution in [0.15, 0.2) is 48.5 Å². The van der Waals surface area contributed by atoms with E-state index in [1.165, 1.54) is 0 Å². The summed E-state index contributed by atoms with van der Waals surface area (Å²) in [5.74, 6) is 0.943. The standard InChI is InChI=1S/C19H21NO4/c1-22-16-10-6-9-15(18(16)23-2)19(21)20-11-12-24-17(13-20)14-7-4-3-5-8-14/h3-10,17H,11-13H2,1-2H3/t17-/m0/s1. The van der Waals surface area contributed by atoms with Gasteiger partial charge in [-0.1, -0.05) is 36.4 Å². The van der Waals surface area contributed by atoms with Crippen molar-refractivity contribution in [3.8, 4) is 11.5 Å². The summed E-state index contributed by atoms with van der Waals surface area (Å²) in [7, 11) is 3.10. The Balaban J connectivity index is 1.83. The van der Waals surface area contributed by atoms with E-state index < -0.39 is 0 Å². The van der Waals surface area contributed by atoms with Gasteiger partial charge in [-0.2, -0.15) is 0 Å². The third kappa shape index (κ3) is 3.21. The summed E-state index contributed by atoms with van der Waals surface area (Å²) in [6, 6.07) is 15.3. The Morgan fingerprint density at radius 1 is 1.08 bits per heavy atom. The topological polar surface area (TPSA) is 48.0 Å². The quantitative estimate of drug-likeness (QED) is 0.866. The first-order chi connectivity index (χ1) is 11.7. The van der Waals surface area contributed by atoms with Gasteiger partial charge in [0.15, 0.2) is 11.5 Å². The molecule has 1 amide bonds. The van der Waals surface area contributed by atoms with E-state index in [1.807, 2.05) is 30.3 Å². The smallest absolute Gasteiger partial charge is 0.257 e. The highest BCUT2D eigenvalue weighted by molar-refractivity contribution is 5.98. The summed E-state index contributed by atoms with van der Waals surface area (Å²) in [6.07, 6.45) is -0.111. The lowest BCUT2D eigenvalue weighted by Crippen LogP contribution is -2.42. The first-order valence-corrected chi connectivity index (χ1v) is 7.91. The van der Waals surface area contributed by atoms with E-state index in [0.29, 0.717) is 36.8 Å². The maximum absolute atomic E-state index is 13.0. The Kier molecular flexibility index (Phi) is 5.01. The van der Waals surface area contributed by atoms with Crippen LogP contribution in [-0.2, 0) is 4.74 Å². The predicted molar refractivity (Wildman–Crippen MR) is 90.6 cm³/mol. The van der Waals surface area contributed by atoms with Crippen molar-refractivity contribution < 1.29 is 19.0 Å². The Labute approximate surface area is 141 Å². The third-order valence-electron chi connectivity index (χ3n) is 4.16. The molecule has 0 aliphatic carbocycles. The third-order valence-corrected chi connectivity index (χ3v) is 4.16. The fourth-order valence-corrected chi connectivity index (χ4v) is 2.93. The van der Waals surface area contributed by atoms with Crippen molar-refractivity contribution in [1.29, 1.82) is 0 Å². The molecular weight excluding hydrogens is 306 g/mol. The highest BCUT2D eigenvalue weighted by Gasteiger charge is 2.28. The Bertz CT molecular complexity index is 702. The van der Waals surface area contributed by atoms with E-state index in [-0.39, 0.29) is 12.0 Å². The number of para-hydroxylation sites is 1. The van der Waals surface area contributed by atoms with Crippen LogP contribution in [0.1, 0.15) is 22.0 Å². The van der Waals surface area contributed by atoms with Crippen molar-refractivity contribution >= 4 is 5.91 Å². The van der Waals surface area contributed by atoms with E-state index in [9.17, 15) is 4.79 Å². The number of amides is 1. The van der Waals surface area contributed by atoms with Crippen molar-refractivity contribution in [2.75, 3.05) is 33.9 Å². The minimum atomic E-state index is -0.111. The van der Waals surface area contributed by atoms with Gasteiger partial charge in [-0.05, 0) is 17.7 Å². The highest BCUT2D eigenvalue weighted by atomic mass is 16.5. The number of rotatable bonds is 4. The summed E-state index contributed by atoms with van der Waals surface area (Å²) in [4.78, 5) is 14.8. The molecule has 3 rings (SSSR count). The first kappa shape index (κ1) is 16.3. The largest absolute Gasteiger partial charge is 0.493 e. The molecule has 0 saturated carbocycles. The van der Waals surface area contributed by atoms with Gasteiger partial charge in [0.05, 0.1) is 32.9 Å². The van der Waals surface area contributed by atoms with Crippen molar-refractivity contribution in [2.45, 2.75) is 6.10 Å². The van der Waals surface area contributed by atoms with E-state index >= 15 is 0 Å². The number of methoxy groups -OCH3 is 2. The maximum Gasteiger partial charge on any atom is 0.257 e. The zero-order valence-electron chi connectivity index (χ0n) is 13.9. The van der Waals surface area contributed by atoms with Crippen LogP contribution in [0.25, 0.3) is 0 Å². The molecule has 0 aromatic heterocycles. The molecule has 126 valence electrons. The van der Waals surface area contributed by atoms with Crippen LogP contribution in [0.2, 0.25) is 0 Å². The fourth-order valence-electron chi connectivity index (χ4n) is 2.93. The average molecular weight is 327 g/mol. The van der Waals surface area contributed by atoms with Crippen LogP contribution in [-0.4, -0.2) is 44.7 Å². The molecule has 5 heteroatoms. The summed E-state index contributed by atoms with van der Waals surface area (Å²) >= 11 is 0. The molecule has 0 radical (unpaired) electrons. The van der Waals surface area contributed by atoms with Gasteiger partial charge in [0, 0.05) is 6.54 Å². The van der Waals surface area contributed by atoms with Gasteiger partial charge < -0.3 is 19.1 Å². The first-order valence-electron chi connectivity index (χ1n) is 7.91. The lowest BCUT2D eigenvalue weighted by atomic mass is 10.1. The average Bonchev–Trinajstić information content (AvgIpc) is 2.67. The predicted octanol–water partition coefficient (Wildman–Crippen LogP) is 2.92. The Morgan fingerprint density at radius 2 is 1.88 bits per heavy atom. The van der Waals surface area contributed by atoms with Crippen LogP contribution in [0.5, 0.6) is 11.5 Å². The van der Waals surface area contributed by atoms with Gasteiger partial charge in [0.2, 0.25) is 0 Å². The molecule has 1 heterocycles. The minimum Gasteiger partial charge on any atom is -0.493 e. The number of hydrogen-bond acceptors (Lipinski definition) is 4. The van der Waals surface area contributed by atoms with Crippen LogP contribution in [0.3, 0.4) is 0 Å². The number of hydrogen-bond donors (Lipinski definition) is 0. The molecule has 0 spiro atoms. The molecule has 1 aliphatic heterocycles. The molecule has 24 heavy (non-hydrogen) atoms. The van der Waals surface area contributed by atoms with Crippen LogP contribution < -0.4 is 9.47 Å². The molecule has 1 saturated heterocycles. The number of carbonyl (C=O) groups excluding carboxylic acids is 1. The molecule has 2 aromatic rings. The molecule has 1 fully saturated rings. The molecule has 0 bridgehead atoms. The van der Waals surface area contributed by atoms with Gasteiger partial charge in [0.1, 0.15) is 6.10 Å². The van der Waals surface area contributed by atoms with E-state index in [1.54, 1.807) is 37.3 Å². The van der Waals surface area contributed by atoms with Crippen molar-refractivity contribution in [3.05, 3.63) is 59.7 Å². The molecule has 2 aromatic carbocycles. The van der Waals surface area contributed by atoms with Crippen LogP contribution >= 0.6 is 0 Å². The molecule has 5 nitrogen and oxygen atoms in total. The lowest BCUT2D eigenvalue weighted by Gasteiger charge is -2.33. The Morgan fingerprint density at radius 3 is 2.58 bits per heavy atom. The van der Waals surface area contributed by atoms with Gasteiger partial charge >= 0.3 is 0 Å². The van der Waals surface area contributed by atoms with Crippen molar-refractivity contribution in [2.24, 2.45) is 0 Å². The second-order valence-corrected chi connectivity index (χ2v) is 5.56. The molecule has 1 atom stereocenters. The monoisotopic (exact) mass is 327 g/mol. The van der Waals surface area contributed by atoms with Gasteiger partial charge in [-0.15, -0.1) is 0 Å². The van der Waals surface area contributed by atoms with Crippen LogP contribution in [0.4, 0.5) is 0 Å². The summed E-state index contributed by atoms with van der Waals surface area (Å²) in [5, 5.41) is 0. The molecular formula is C19H21NO4. The molecule has 0 unspecified atom stereocenters. The number of nitrogens with zero attached hydrogens (tertiary/aromatic N) is 1. The highest BCUT2D eigenvalue weighted by Crippen LogP contribution is 2.32.